The molecule has 9 nitrogen and oxygen atoms in total. The lowest BCUT2D eigenvalue weighted by atomic mass is 10.0. The number of hydrogen-bond donors (Lipinski definition) is 1. The smallest absolute Gasteiger partial charge is 0.478 e. The molecule has 6 rings (SSSR count). The van der Waals surface area contributed by atoms with Crippen LogP contribution in [-0.4, -0.2) is 53.6 Å². The van der Waals surface area contributed by atoms with Gasteiger partial charge >= 0.3 is 12.3 Å². The van der Waals surface area contributed by atoms with Gasteiger partial charge in [-0.1, -0.05) is 28.6 Å². The van der Waals surface area contributed by atoms with Crippen LogP contribution >= 0.6 is 11.3 Å². The second kappa shape index (κ2) is 11.4. The molecule has 0 spiro atoms. The SMILES string of the molecule is O=C(O)c1cc(OCF)c2nc(N3CCC(OCc4c(-c5ccccc5OC(F)(F)F)noc4C4CC4)CC3)sc2c1. The summed E-state index contributed by atoms with van der Waals surface area (Å²) in [5, 5.41) is 14.2. The number of carbonyl (C=O) groups is 1. The van der Waals surface area contributed by atoms with Crippen LogP contribution in [0.25, 0.3) is 21.5 Å². The number of aromatic carboxylic acids is 1. The predicted molar refractivity (Wildman–Crippen MR) is 144 cm³/mol. The third-order valence-electron chi connectivity index (χ3n) is 7.22. The van der Waals surface area contributed by atoms with E-state index in [9.17, 15) is 27.5 Å². The highest BCUT2D eigenvalue weighted by molar-refractivity contribution is 7.22. The van der Waals surface area contributed by atoms with E-state index in [0.29, 0.717) is 52.6 Å². The van der Waals surface area contributed by atoms with Gasteiger partial charge in [-0.05, 0) is 49.9 Å². The van der Waals surface area contributed by atoms with Crippen molar-refractivity contribution in [2.75, 3.05) is 24.9 Å². The summed E-state index contributed by atoms with van der Waals surface area (Å²) in [5.41, 5.74) is 1.46. The van der Waals surface area contributed by atoms with Crippen molar-refractivity contribution in [3.8, 4) is 22.8 Å². The molecule has 42 heavy (non-hydrogen) atoms. The number of anilines is 1. The summed E-state index contributed by atoms with van der Waals surface area (Å²) >= 11 is 1.30. The maximum atomic E-state index is 13.0. The second-order valence-corrected chi connectivity index (χ2v) is 11.1. The monoisotopic (exact) mass is 607 g/mol. The van der Waals surface area contributed by atoms with Crippen LogP contribution < -0.4 is 14.4 Å². The molecule has 0 atom stereocenters. The van der Waals surface area contributed by atoms with Gasteiger partial charge in [-0.25, -0.2) is 14.2 Å². The van der Waals surface area contributed by atoms with E-state index in [0.717, 1.165) is 12.8 Å². The zero-order valence-corrected chi connectivity index (χ0v) is 22.8. The van der Waals surface area contributed by atoms with Crippen molar-refractivity contribution in [3.63, 3.8) is 0 Å². The highest BCUT2D eigenvalue weighted by Crippen LogP contribution is 2.46. The van der Waals surface area contributed by atoms with E-state index in [2.05, 4.69) is 19.8 Å². The Kier molecular flexibility index (Phi) is 7.66. The number of hydrogen-bond acceptors (Lipinski definition) is 9. The molecule has 1 N–H and O–H groups in total. The highest BCUT2D eigenvalue weighted by Gasteiger charge is 2.36. The molecule has 2 fully saturated rings. The first kappa shape index (κ1) is 28.2. The number of carboxylic acids is 1. The number of thiazole rings is 1. The van der Waals surface area contributed by atoms with Crippen LogP contribution in [0.5, 0.6) is 11.5 Å². The molecule has 0 unspecified atom stereocenters. The number of fused-ring (bicyclic) bond motifs is 1. The Morgan fingerprint density at radius 3 is 2.57 bits per heavy atom. The predicted octanol–water partition coefficient (Wildman–Crippen LogP) is 6.92. The number of para-hydroxylation sites is 1. The first-order chi connectivity index (χ1) is 20.2. The molecule has 1 saturated carbocycles. The van der Waals surface area contributed by atoms with Gasteiger partial charge in [0, 0.05) is 30.1 Å². The standard InChI is InChI=1S/C28H25F4N3O6S/c29-14-39-21-11-16(26(36)37)12-22-24(21)33-27(42-22)35-9-7-17(8-10-35)38-13-19-23(34-41-25(19)15-5-6-15)18-3-1-2-4-20(18)40-28(30,31)32/h1-4,11-12,15,17H,5-10,13-14H2,(H,36,37). The number of carboxylic acid groups (broad SMARTS) is 1. The minimum Gasteiger partial charge on any atom is -0.478 e. The fraction of sp³-hybridized carbons (Fsp3) is 0.393. The van der Waals surface area contributed by atoms with Crippen molar-refractivity contribution in [2.24, 2.45) is 0 Å². The molecule has 14 heteroatoms. The number of aromatic nitrogens is 2. The third kappa shape index (κ3) is 6.00. The molecule has 4 aromatic rings. The molecule has 3 heterocycles. The number of alkyl halides is 4. The van der Waals surface area contributed by atoms with Gasteiger partial charge in [0.2, 0.25) is 6.86 Å². The van der Waals surface area contributed by atoms with Crippen molar-refractivity contribution in [1.82, 2.24) is 10.1 Å². The van der Waals surface area contributed by atoms with E-state index in [1.165, 1.54) is 41.7 Å². The Labute approximate surface area is 240 Å². The van der Waals surface area contributed by atoms with E-state index in [1.54, 1.807) is 6.07 Å². The third-order valence-corrected chi connectivity index (χ3v) is 8.28. The van der Waals surface area contributed by atoms with Crippen molar-refractivity contribution < 1.29 is 46.2 Å². The number of halogens is 4. The lowest BCUT2D eigenvalue weighted by molar-refractivity contribution is -0.274. The van der Waals surface area contributed by atoms with E-state index in [4.69, 9.17) is 14.0 Å². The topological polar surface area (TPSA) is 107 Å². The van der Waals surface area contributed by atoms with Gasteiger partial charge < -0.3 is 28.7 Å². The summed E-state index contributed by atoms with van der Waals surface area (Å²) in [6.07, 6.45) is -1.86. The zero-order chi connectivity index (χ0) is 29.4. The van der Waals surface area contributed by atoms with Gasteiger partial charge in [0.15, 0.2) is 10.9 Å². The first-order valence-corrected chi connectivity index (χ1v) is 14.1. The zero-order valence-electron chi connectivity index (χ0n) is 22.0. The largest absolute Gasteiger partial charge is 0.573 e. The second-order valence-electron chi connectivity index (χ2n) is 10.1. The summed E-state index contributed by atoms with van der Waals surface area (Å²) in [5.74, 6) is -0.640. The van der Waals surface area contributed by atoms with Gasteiger partial charge in [0.05, 0.1) is 23.0 Å². The lowest BCUT2D eigenvalue weighted by Crippen LogP contribution is -2.37. The minimum atomic E-state index is -4.85. The molecular weight excluding hydrogens is 582 g/mol. The summed E-state index contributed by atoms with van der Waals surface area (Å²) in [6.45, 7) is 0.220. The number of piperidine rings is 1. The molecule has 222 valence electrons. The van der Waals surface area contributed by atoms with Crippen molar-refractivity contribution in [2.45, 2.75) is 50.7 Å². The van der Waals surface area contributed by atoms with Crippen LogP contribution in [0.2, 0.25) is 0 Å². The lowest BCUT2D eigenvalue weighted by Gasteiger charge is -2.31. The Morgan fingerprint density at radius 1 is 1.12 bits per heavy atom. The van der Waals surface area contributed by atoms with Crippen LogP contribution in [0.4, 0.5) is 22.7 Å². The molecule has 1 aliphatic heterocycles. The highest BCUT2D eigenvalue weighted by atomic mass is 32.1. The van der Waals surface area contributed by atoms with Gasteiger partial charge in [0.1, 0.15) is 22.7 Å². The molecule has 2 aromatic heterocycles. The quantitative estimate of drug-likeness (QED) is 0.192. The van der Waals surface area contributed by atoms with Gasteiger partial charge in [-0.3, -0.25) is 0 Å². The fourth-order valence-corrected chi connectivity index (χ4v) is 6.12. The van der Waals surface area contributed by atoms with Crippen LogP contribution in [0, 0.1) is 0 Å². The molecular formula is C28H25F4N3O6S. The van der Waals surface area contributed by atoms with Crippen molar-refractivity contribution >= 4 is 32.7 Å². The van der Waals surface area contributed by atoms with Crippen LogP contribution in [0.15, 0.2) is 40.9 Å². The number of benzene rings is 2. The normalized spacial score (nSPS) is 16.2. The van der Waals surface area contributed by atoms with E-state index < -0.39 is 19.2 Å². The Morgan fingerprint density at radius 2 is 1.88 bits per heavy atom. The number of nitrogens with zero attached hydrogens (tertiary/aromatic N) is 3. The summed E-state index contributed by atoms with van der Waals surface area (Å²) in [7, 11) is 0. The molecule has 1 saturated heterocycles. The molecule has 0 radical (unpaired) electrons. The van der Waals surface area contributed by atoms with Gasteiger partial charge in [0.25, 0.3) is 0 Å². The summed E-state index contributed by atoms with van der Waals surface area (Å²) < 4.78 is 73.7. The van der Waals surface area contributed by atoms with Crippen LogP contribution in [0.1, 0.15) is 53.3 Å². The molecule has 1 aliphatic carbocycles. The first-order valence-electron chi connectivity index (χ1n) is 13.3. The van der Waals surface area contributed by atoms with Gasteiger partial charge in [-0.2, -0.15) is 0 Å². The molecule has 2 aromatic carbocycles. The fourth-order valence-electron chi connectivity index (χ4n) is 5.04. The maximum Gasteiger partial charge on any atom is 0.573 e. The van der Waals surface area contributed by atoms with Crippen molar-refractivity contribution in [1.29, 1.82) is 0 Å². The Bertz CT molecular complexity index is 1590. The minimum absolute atomic E-state index is 0.0143. The molecule has 0 bridgehead atoms. The maximum absolute atomic E-state index is 13.0. The van der Waals surface area contributed by atoms with Crippen LogP contribution in [-0.2, 0) is 11.3 Å². The molecule has 0 amide bonds. The molecule has 2 aliphatic rings. The van der Waals surface area contributed by atoms with E-state index in [-0.39, 0.29) is 46.9 Å². The van der Waals surface area contributed by atoms with E-state index >= 15 is 0 Å². The summed E-state index contributed by atoms with van der Waals surface area (Å²) in [4.78, 5) is 18.1. The summed E-state index contributed by atoms with van der Waals surface area (Å²) in [6, 6.07) is 8.58. The van der Waals surface area contributed by atoms with Gasteiger partial charge in [-0.15, -0.1) is 13.2 Å². The number of ether oxygens (including phenoxy) is 3. The Hall–Kier alpha value is -3.91. The Balaban J connectivity index is 1.16. The van der Waals surface area contributed by atoms with Crippen molar-refractivity contribution in [3.05, 3.63) is 53.3 Å². The van der Waals surface area contributed by atoms with Crippen LogP contribution in [0.3, 0.4) is 0 Å². The number of rotatable bonds is 10. The average Bonchev–Trinajstić information content (AvgIpc) is 3.56. The van der Waals surface area contributed by atoms with E-state index in [1.807, 2.05) is 0 Å². The average molecular weight is 608 g/mol.